The zero-order valence-corrected chi connectivity index (χ0v) is 12.6. The molecule has 0 aliphatic rings. The standard InChI is InChI=1S/C17H13F2N3O2/c1-21-17(24)15(11-5-6-13(18)14(19)8-11)22-16(23)12-4-2-3-10(7-12)9-20/h2-8,15H,1H3,(H,21,24)(H,22,23). The number of hydrogen-bond donors (Lipinski definition) is 2. The Morgan fingerprint density at radius 3 is 2.50 bits per heavy atom. The van der Waals surface area contributed by atoms with Gasteiger partial charge < -0.3 is 10.6 Å². The fraction of sp³-hybridized carbons (Fsp3) is 0.118. The highest BCUT2D eigenvalue weighted by atomic mass is 19.2. The third kappa shape index (κ3) is 3.73. The molecule has 24 heavy (non-hydrogen) atoms. The van der Waals surface area contributed by atoms with Crippen molar-refractivity contribution in [1.82, 2.24) is 10.6 Å². The van der Waals surface area contributed by atoms with E-state index in [1.807, 2.05) is 6.07 Å². The van der Waals surface area contributed by atoms with Crippen molar-refractivity contribution in [2.75, 3.05) is 7.05 Å². The maximum atomic E-state index is 13.4. The Hall–Kier alpha value is -3.27. The van der Waals surface area contributed by atoms with E-state index in [0.29, 0.717) is 0 Å². The first-order valence-electron chi connectivity index (χ1n) is 6.94. The van der Waals surface area contributed by atoms with Crippen LogP contribution >= 0.6 is 0 Å². The van der Waals surface area contributed by atoms with Gasteiger partial charge in [0.05, 0.1) is 11.6 Å². The van der Waals surface area contributed by atoms with Crippen LogP contribution in [0.4, 0.5) is 8.78 Å². The zero-order chi connectivity index (χ0) is 17.7. The molecule has 1 unspecified atom stereocenters. The van der Waals surface area contributed by atoms with Crippen molar-refractivity contribution in [2.45, 2.75) is 6.04 Å². The van der Waals surface area contributed by atoms with Crippen LogP contribution in [0, 0.1) is 23.0 Å². The van der Waals surface area contributed by atoms with Gasteiger partial charge in [-0.2, -0.15) is 5.26 Å². The van der Waals surface area contributed by atoms with Crippen molar-refractivity contribution in [3.8, 4) is 6.07 Å². The number of benzene rings is 2. The van der Waals surface area contributed by atoms with Crippen molar-refractivity contribution in [3.63, 3.8) is 0 Å². The molecule has 122 valence electrons. The van der Waals surface area contributed by atoms with Gasteiger partial charge in [0.15, 0.2) is 11.6 Å². The van der Waals surface area contributed by atoms with E-state index >= 15 is 0 Å². The van der Waals surface area contributed by atoms with Crippen LogP contribution in [0.25, 0.3) is 0 Å². The summed E-state index contributed by atoms with van der Waals surface area (Å²) in [6.07, 6.45) is 0. The molecule has 0 saturated heterocycles. The highest BCUT2D eigenvalue weighted by Gasteiger charge is 2.23. The number of nitrogens with zero attached hydrogens (tertiary/aromatic N) is 1. The van der Waals surface area contributed by atoms with Crippen LogP contribution in [0.15, 0.2) is 42.5 Å². The zero-order valence-electron chi connectivity index (χ0n) is 12.6. The highest BCUT2D eigenvalue weighted by molar-refractivity contribution is 5.98. The topological polar surface area (TPSA) is 82.0 Å². The molecule has 0 heterocycles. The molecule has 0 fully saturated rings. The molecule has 0 radical (unpaired) electrons. The van der Waals surface area contributed by atoms with E-state index in [4.69, 9.17) is 5.26 Å². The first-order valence-corrected chi connectivity index (χ1v) is 6.94. The molecule has 0 bridgehead atoms. The quantitative estimate of drug-likeness (QED) is 0.901. The molecule has 7 heteroatoms. The molecule has 2 aromatic rings. The van der Waals surface area contributed by atoms with Gasteiger partial charge in [0.25, 0.3) is 5.91 Å². The fourth-order valence-corrected chi connectivity index (χ4v) is 2.08. The number of rotatable bonds is 4. The number of carbonyl (C=O) groups is 2. The average molecular weight is 329 g/mol. The lowest BCUT2D eigenvalue weighted by molar-refractivity contribution is -0.122. The van der Waals surface area contributed by atoms with Crippen LogP contribution in [0.3, 0.4) is 0 Å². The van der Waals surface area contributed by atoms with E-state index in [1.54, 1.807) is 0 Å². The third-order valence-electron chi connectivity index (χ3n) is 3.31. The maximum Gasteiger partial charge on any atom is 0.252 e. The molecule has 0 aliphatic carbocycles. The molecule has 0 aromatic heterocycles. The van der Waals surface area contributed by atoms with Crippen LogP contribution in [0.2, 0.25) is 0 Å². The van der Waals surface area contributed by atoms with E-state index in [9.17, 15) is 18.4 Å². The number of amides is 2. The predicted octanol–water partition coefficient (Wildman–Crippen LogP) is 2.05. The molecule has 0 saturated carbocycles. The number of likely N-dealkylation sites (N-methyl/N-ethyl adjacent to an activating group) is 1. The molecule has 5 nitrogen and oxygen atoms in total. The summed E-state index contributed by atoms with van der Waals surface area (Å²) in [6.45, 7) is 0. The summed E-state index contributed by atoms with van der Waals surface area (Å²) in [4.78, 5) is 24.3. The Balaban J connectivity index is 2.32. The van der Waals surface area contributed by atoms with Crippen molar-refractivity contribution in [1.29, 1.82) is 5.26 Å². The Morgan fingerprint density at radius 2 is 1.88 bits per heavy atom. The summed E-state index contributed by atoms with van der Waals surface area (Å²) in [7, 11) is 1.36. The van der Waals surface area contributed by atoms with Crippen LogP contribution in [0.1, 0.15) is 27.5 Å². The summed E-state index contributed by atoms with van der Waals surface area (Å²) in [5.41, 5.74) is 0.551. The number of hydrogen-bond acceptors (Lipinski definition) is 3. The van der Waals surface area contributed by atoms with Gasteiger partial charge in [-0.3, -0.25) is 9.59 Å². The van der Waals surface area contributed by atoms with E-state index in [0.717, 1.165) is 12.1 Å². The van der Waals surface area contributed by atoms with E-state index in [2.05, 4.69) is 10.6 Å². The molecule has 0 aliphatic heterocycles. The third-order valence-corrected chi connectivity index (χ3v) is 3.31. The molecular weight excluding hydrogens is 316 g/mol. The fourth-order valence-electron chi connectivity index (χ4n) is 2.08. The number of halogens is 2. The van der Waals surface area contributed by atoms with Gasteiger partial charge in [-0.15, -0.1) is 0 Å². The Bertz CT molecular complexity index is 831. The van der Waals surface area contributed by atoms with Gasteiger partial charge in [0.2, 0.25) is 5.91 Å². The lowest BCUT2D eigenvalue weighted by atomic mass is 10.0. The molecular formula is C17H13F2N3O2. The molecule has 1 atom stereocenters. The van der Waals surface area contributed by atoms with Crippen LogP contribution in [0.5, 0.6) is 0 Å². The van der Waals surface area contributed by atoms with Crippen LogP contribution < -0.4 is 10.6 Å². The molecule has 2 aromatic carbocycles. The second-order valence-corrected chi connectivity index (χ2v) is 4.89. The minimum Gasteiger partial charge on any atom is -0.357 e. The van der Waals surface area contributed by atoms with Crippen LogP contribution in [-0.4, -0.2) is 18.9 Å². The van der Waals surface area contributed by atoms with Gasteiger partial charge >= 0.3 is 0 Å². The molecule has 2 amide bonds. The highest BCUT2D eigenvalue weighted by Crippen LogP contribution is 2.18. The van der Waals surface area contributed by atoms with E-state index in [1.165, 1.54) is 37.4 Å². The summed E-state index contributed by atoms with van der Waals surface area (Å²) >= 11 is 0. The number of carbonyl (C=O) groups excluding carboxylic acids is 2. The van der Waals surface area contributed by atoms with Crippen LogP contribution in [-0.2, 0) is 4.79 Å². The van der Waals surface area contributed by atoms with E-state index in [-0.39, 0.29) is 16.7 Å². The molecule has 2 N–H and O–H groups in total. The van der Waals surface area contributed by atoms with Gasteiger partial charge in [-0.1, -0.05) is 12.1 Å². The second kappa shape index (κ2) is 7.33. The van der Waals surface area contributed by atoms with E-state index < -0.39 is 29.5 Å². The second-order valence-electron chi connectivity index (χ2n) is 4.89. The summed E-state index contributed by atoms with van der Waals surface area (Å²) in [6, 6.07) is 9.53. The molecule has 0 spiro atoms. The lowest BCUT2D eigenvalue weighted by Gasteiger charge is -2.18. The summed E-state index contributed by atoms with van der Waals surface area (Å²) in [5.74, 6) is -3.39. The maximum absolute atomic E-state index is 13.4. The SMILES string of the molecule is CNC(=O)C(NC(=O)c1cccc(C#N)c1)c1ccc(F)c(F)c1. The smallest absolute Gasteiger partial charge is 0.252 e. The van der Waals surface area contributed by atoms with Crippen molar-refractivity contribution < 1.29 is 18.4 Å². The first-order chi connectivity index (χ1) is 11.5. The Morgan fingerprint density at radius 1 is 1.12 bits per heavy atom. The largest absolute Gasteiger partial charge is 0.357 e. The lowest BCUT2D eigenvalue weighted by Crippen LogP contribution is -2.39. The number of nitrogens with one attached hydrogen (secondary N) is 2. The van der Waals surface area contributed by atoms with Gasteiger partial charge in [0, 0.05) is 12.6 Å². The molecule has 2 rings (SSSR count). The minimum absolute atomic E-state index is 0.0954. The summed E-state index contributed by atoms with van der Waals surface area (Å²) < 4.78 is 26.5. The summed E-state index contributed by atoms with van der Waals surface area (Å²) in [5, 5.41) is 13.7. The first kappa shape index (κ1) is 17.1. The Kier molecular flexibility index (Phi) is 5.22. The van der Waals surface area contributed by atoms with Crippen molar-refractivity contribution >= 4 is 11.8 Å². The van der Waals surface area contributed by atoms with Gasteiger partial charge in [0.1, 0.15) is 6.04 Å². The van der Waals surface area contributed by atoms with Gasteiger partial charge in [-0.05, 0) is 35.9 Å². The normalized spacial score (nSPS) is 11.2. The van der Waals surface area contributed by atoms with Gasteiger partial charge in [-0.25, -0.2) is 8.78 Å². The monoisotopic (exact) mass is 329 g/mol. The predicted molar refractivity (Wildman–Crippen MR) is 81.8 cm³/mol. The van der Waals surface area contributed by atoms with Crippen molar-refractivity contribution in [2.24, 2.45) is 0 Å². The number of nitriles is 1. The minimum atomic E-state index is -1.21. The van der Waals surface area contributed by atoms with Crippen molar-refractivity contribution in [3.05, 3.63) is 70.8 Å². The Labute approximate surface area is 136 Å². The average Bonchev–Trinajstić information content (AvgIpc) is 2.61.